The van der Waals surface area contributed by atoms with Crippen molar-refractivity contribution in [1.82, 2.24) is 4.98 Å². The highest BCUT2D eigenvalue weighted by Crippen LogP contribution is 2.30. The molecule has 24 heavy (non-hydrogen) atoms. The van der Waals surface area contributed by atoms with Crippen molar-refractivity contribution in [3.8, 4) is 11.3 Å². The van der Waals surface area contributed by atoms with Gasteiger partial charge in [0, 0.05) is 31.3 Å². The molecular weight excluding hydrogens is 336 g/mol. The first-order valence-electron chi connectivity index (χ1n) is 6.97. The van der Waals surface area contributed by atoms with Gasteiger partial charge in [-0.25, -0.2) is 14.6 Å². The van der Waals surface area contributed by atoms with E-state index in [1.165, 1.54) is 32.6 Å². The Hall–Kier alpha value is -2.80. The van der Waals surface area contributed by atoms with E-state index in [2.05, 4.69) is 10.3 Å². The number of aromatic nitrogens is 1. The lowest BCUT2D eigenvalue weighted by Gasteiger charge is -2.29. The molecule has 0 saturated carbocycles. The highest BCUT2D eigenvalue weighted by Gasteiger charge is 2.38. The van der Waals surface area contributed by atoms with Gasteiger partial charge in [0.15, 0.2) is 17.7 Å². The summed E-state index contributed by atoms with van der Waals surface area (Å²) in [4.78, 5) is 27.6. The van der Waals surface area contributed by atoms with Crippen molar-refractivity contribution in [2.24, 2.45) is 0 Å². The largest absolute Gasteiger partial charge is 0.443 e. The lowest BCUT2D eigenvalue weighted by atomic mass is 10.1. The maximum Gasteiger partial charge on any atom is 0.350 e. The van der Waals surface area contributed by atoms with Gasteiger partial charge in [0.1, 0.15) is 0 Å². The zero-order valence-corrected chi connectivity index (χ0v) is 13.6. The Balaban J connectivity index is 1.83. The van der Waals surface area contributed by atoms with Crippen molar-refractivity contribution in [1.29, 1.82) is 0 Å². The minimum absolute atomic E-state index is 0.231. The Bertz CT molecular complexity index is 805. The van der Waals surface area contributed by atoms with Gasteiger partial charge in [-0.15, -0.1) is 0 Å². The van der Waals surface area contributed by atoms with E-state index >= 15 is 0 Å². The molecular formula is C16H13ClN2O5. The number of carbonyl (C=O) groups is 2. The van der Waals surface area contributed by atoms with Gasteiger partial charge in [-0.05, 0) is 18.2 Å². The summed E-state index contributed by atoms with van der Waals surface area (Å²) in [5, 5.41) is 3.32. The smallest absolute Gasteiger partial charge is 0.350 e. The molecule has 2 heterocycles. The zero-order chi connectivity index (χ0) is 17.3. The third-order valence-corrected chi connectivity index (χ3v) is 3.49. The van der Waals surface area contributed by atoms with Crippen LogP contribution in [0.4, 0.5) is 5.69 Å². The Labute approximate surface area is 142 Å². The Morgan fingerprint density at radius 3 is 2.54 bits per heavy atom. The number of anilines is 1. The highest BCUT2D eigenvalue weighted by atomic mass is 35.5. The van der Waals surface area contributed by atoms with Crippen LogP contribution in [0.3, 0.4) is 0 Å². The van der Waals surface area contributed by atoms with Gasteiger partial charge < -0.3 is 19.2 Å². The molecule has 0 unspecified atom stereocenters. The lowest BCUT2D eigenvalue weighted by Crippen LogP contribution is -2.42. The number of rotatable bonds is 3. The van der Waals surface area contributed by atoms with E-state index in [-0.39, 0.29) is 5.57 Å². The summed E-state index contributed by atoms with van der Waals surface area (Å²) in [7, 11) is 0. The molecule has 0 amide bonds. The summed E-state index contributed by atoms with van der Waals surface area (Å²) < 4.78 is 15.2. The molecule has 1 aromatic heterocycles. The molecule has 7 nitrogen and oxygen atoms in total. The molecule has 124 valence electrons. The van der Waals surface area contributed by atoms with Crippen molar-refractivity contribution in [3.05, 3.63) is 47.6 Å². The summed E-state index contributed by atoms with van der Waals surface area (Å²) in [6, 6.07) is 5.03. The normalized spacial score (nSPS) is 16.4. The summed E-state index contributed by atoms with van der Waals surface area (Å²) >= 11 is 6.14. The number of oxazole rings is 1. The number of carbonyl (C=O) groups excluding carboxylic acids is 2. The van der Waals surface area contributed by atoms with E-state index in [0.29, 0.717) is 22.0 Å². The van der Waals surface area contributed by atoms with E-state index in [9.17, 15) is 9.59 Å². The SMILES string of the molecule is CC1(C)OC(=O)C(=CNc2ccc(Cl)c(-c3cnco3)c2)C(=O)O1. The highest BCUT2D eigenvalue weighted by molar-refractivity contribution is 6.33. The van der Waals surface area contributed by atoms with Crippen LogP contribution in [0.5, 0.6) is 0 Å². The van der Waals surface area contributed by atoms with Crippen LogP contribution in [0.2, 0.25) is 5.02 Å². The number of hydrogen-bond donors (Lipinski definition) is 1. The van der Waals surface area contributed by atoms with E-state index in [0.717, 1.165) is 0 Å². The van der Waals surface area contributed by atoms with Crippen LogP contribution in [0.1, 0.15) is 13.8 Å². The molecule has 1 aromatic carbocycles. The molecule has 0 aliphatic carbocycles. The van der Waals surface area contributed by atoms with Gasteiger partial charge in [-0.3, -0.25) is 0 Å². The molecule has 3 rings (SSSR count). The number of nitrogens with one attached hydrogen (secondary N) is 1. The first kappa shape index (κ1) is 16.1. The molecule has 2 aromatic rings. The third-order valence-electron chi connectivity index (χ3n) is 3.16. The fourth-order valence-electron chi connectivity index (χ4n) is 2.09. The van der Waals surface area contributed by atoms with Gasteiger partial charge in [-0.2, -0.15) is 0 Å². The standard InChI is InChI=1S/C16H13ClN2O5/c1-16(2)23-14(20)11(15(21)24-16)6-19-9-3-4-12(17)10(5-9)13-7-18-8-22-13/h3-8,19H,1-2H3. The van der Waals surface area contributed by atoms with Crippen molar-refractivity contribution >= 4 is 29.2 Å². The summed E-state index contributed by atoms with van der Waals surface area (Å²) in [5.41, 5.74) is 0.974. The van der Waals surface area contributed by atoms with Crippen LogP contribution in [-0.2, 0) is 19.1 Å². The monoisotopic (exact) mass is 348 g/mol. The molecule has 8 heteroatoms. The van der Waals surface area contributed by atoms with Crippen LogP contribution >= 0.6 is 11.6 Å². The van der Waals surface area contributed by atoms with Gasteiger partial charge in [-0.1, -0.05) is 11.6 Å². The Morgan fingerprint density at radius 2 is 1.92 bits per heavy atom. The van der Waals surface area contributed by atoms with E-state index in [1.807, 2.05) is 0 Å². The maximum atomic E-state index is 11.9. The molecule has 1 fully saturated rings. The molecule has 0 radical (unpaired) electrons. The van der Waals surface area contributed by atoms with Crippen LogP contribution in [-0.4, -0.2) is 22.7 Å². The summed E-state index contributed by atoms with van der Waals surface area (Å²) in [6.45, 7) is 2.96. The van der Waals surface area contributed by atoms with Crippen LogP contribution in [0.15, 0.2) is 47.0 Å². The second-order valence-electron chi connectivity index (χ2n) is 5.44. The molecule has 1 saturated heterocycles. The molecule has 0 atom stereocenters. The van der Waals surface area contributed by atoms with Crippen molar-refractivity contribution < 1.29 is 23.5 Å². The molecule has 0 bridgehead atoms. The zero-order valence-electron chi connectivity index (χ0n) is 12.8. The van der Waals surface area contributed by atoms with Crippen molar-refractivity contribution in [2.45, 2.75) is 19.6 Å². The predicted octanol–water partition coefficient (Wildman–Crippen LogP) is 3.13. The topological polar surface area (TPSA) is 90.7 Å². The predicted molar refractivity (Wildman–Crippen MR) is 84.9 cm³/mol. The van der Waals surface area contributed by atoms with E-state index in [1.54, 1.807) is 18.2 Å². The quantitative estimate of drug-likeness (QED) is 0.517. The van der Waals surface area contributed by atoms with E-state index < -0.39 is 17.7 Å². The minimum atomic E-state index is -1.27. The average molecular weight is 349 g/mol. The third kappa shape index (κ3) is 3.26. The number of esters is 2. The van der Waals surface area contributed by atoms with Gasteiger partial charge in [0.05, 0.1) is 11.2 Å². The van der Waals surface area contributed by atoms with Crippen LogP contribution in [0, 0.1) is 0 Å². The molecule has 1 aliphatic heterocycles. The van der Waals surface area contributed by atoms with Crippen LogP contribution in [0.25, 0.3) is 11.3 Å². The fraction of sp³-hybridized carbons (Fsp3) is 0.188. The van der Waals surface area contributed by atoms with Crippen molar-refractivity contribution in [3.63, 3.8) is 0 Å². The first-order chi connectivity index (χ1) is 11.4. The number of ether oxygens (including phenoxy) is 2. The number of cyclic esters (lactones) is 2. The molecule has 1 N–H and O–H groups in total. The number of hydrogen-bond acceptors (Lipinski definition) is 7. The van der Waals surface area contributed by atoms with Crippen molar-refractivity contribution in [2.75, 3.05) is 5.32 Å². The number of benzene rings is 1. The van der Waals surface area contributed by atoms with E-state index in [4.69, 9.17) is 25.5 Å². The second kappa shape index (κ2) is 6.01. The summed E-state index contributed by atoms with van der Waals surface area (Å²) in [5.74, 6) is -2.29. The Morgan fingerprint density at radius 1 is 1.21 bits per heavy atom. The second-order valence-corrected chi connectivity index (χ2v) is 5.85. The molecule has 1 aliphatic rings. The van der Waals surface area contributed by atoms with Gasteiger partial charge in [0.25, 0.3) is 5.79 Å². The first-order valence-corrected chi connectivity index (χ1v) is 7.35. The molecule has 0 spiro atoms. The minimum Gasteiger partial charge on any atom is -0.443 e. The van der Waals surface area contributed by atoms with Gasteiger partial charge in [0.2, 0.25) is 0 Å². The average Bonchev–Trinajstić information content (AvgIpc) is 3.00. The Kier molecular flexibility index (Phi) is 4.02. The summed E-state index contributed by atoms with van der Waals surface area (Å²) in [6.07, 6.45) is 4.05. The van der Waals surface area contributed by atoms with Gasteiger partial charge >= 0.3 is 11.9 Å². The number of nitrogens with zero attached hydrogens (tertiary/aromatic N) is 1. The maximum absolute atomic E-state index is 11.9. The number of halogens is 1. The van der Waals surface area contributed by atoms with Crippen LogP contribution < -0.4 is 5.32 Å². The fourth-order valence-corrected chi connectivity index (χ4v) is 2.30. The lowest BCUT2D eigenvalue weighted by molar-refractivity contribution is -0.222.